The van der Waals surface area contributed by atoms with E-state index in [2.05, 4.69) is 5.32 Å². The van der Waals surface area contributed by atoms with Crippen molar-refractivity contribution in [3.63, 3.8) is 0 Å². The minimum absolute atomic E-state index is 0.0103. The van der Waals surface area contributed by atoms with Crippen LogP contribution in [0, 0.1) is 19.7 Å². The van der Waals surface area contributed by atoms with Gasteiger partial charge >= 0.3 is 0 Å². The van der Waals surface area contributed by atoms with Gasteiger partial charge in [0.1, 0.15) is 5.82 Å². The minimum atomic E-state index is -0.541. The van der Waals surface area contributed by atoms with Gasteiger partial charge in [-0.25, -0.2) is 4.39 Å². The van der Waals surface area contributed by atoms with Gasteiger partial charge in [-0.05, 0) is 50.1 Å². The summed E-state index contributed by atoms with van der Waals surface area (Å²) in [5.41, 5.74) is 3.04. The summed E-state index contributed by atoms with van der Waals surface area (Å²) in [5.74, 6) is -1.37. The van der Waals surface area contributed by atoms with Crippen LogP contribution < -0.4 is 5.32 Å². The molecule has 7 heteroatoms. The highest BCUT2D eigenvalue weighted by molar-refractivity contribution is 8.00. The lowest BCUT2D eigenvalue weighted by molar-refractivity contribution is -0.131. The molecule has 1 N–H and O–H groups in total. The minimum Gasteiger partial charge on any atom is -0.336 e. The zero-order valence-corrected chi connectivity index (χ0v) is 17.2. The van der Waals surface area contributed by atoms with Gasteiger partial charge in [0, 0.05) is 23.2 Å². The van der Waals surface area contributed by atoms with Crippen molar-refractivity contribution in [2.24, 2.45) is 0 Å². The predicted molar refractivity (Wildman–Crippen MR) is 109 cm³/mol. The number of halogens is 1. The Labute approximate surface area is 168 Å². The fraction of sp³-hybridized carbons (Fsp3) is 0.286. The first-order valence-electron chi connectivity index (χ1n) is 8.72. The molecule has 0 bridgehead atoms. The van der Waals surface area contributed by atoms with Gasteiger partial charge in [-0.1, -0.05) is 18.2 Å². The molecule has 2 rings (SSSR count). The Hall–Kier alpha value is -2.67. The third-order valence-corrected chi connectivity index (χ3v) is 5.41. The number of ketones is 1. The highest BCUT2D eigenvalue weighted by Crippen LogP contribution is 2.23. The van der Waals surface area contributed by atoms with Crippen LogP contribution in [0.25, 0.3) is 0 Å². The maximum absolute atomic E-state index is 14.0. The molecule has 0 unspecified atom stereocenters. The molecule has 5 nitrogen and oxygen atoms in total. The van der Waals surface area contributed by atoms with Gasteiger partial charge in [0.05, 0.1) is 12.3 Å². The Morgan fingerprint density at radius 3 is 2.50 bits per heavy atom. The van der Waals surface area contributed by atoms with Crippen LogP contribution in [-0.2, 0) is 9.59 Å². The van der Waals surface area contributed by atoms with E-state index in [-0.39, 0.29) is 40.4 Å². The number of Topliss-reactive ketones (excluding diaryl/α,β-unsaturated/α-hetero) is 1. The average molecular weight is 402 g/mol. The quantitative estimate of drug-likeness (QED) is 0.565. The molecule has 0 spiro atoms. The molecule has 2 amide bonds. The van der Waals surface area contributed by atoms with Gasteiger partial charge in [0.25, 0.3) is 0 Å². The highest BCUT2D eigenvalue weighted by atomic mass is 32.2. The van der Waals surface area contributed by atoms with Crippen molar-refractivity contribution >= 4 is 35.0 Å². The first-order valence-corrected chi connectivity index (χ1v) is 9.71. The Morgan fingerprint density at radius 2 is 1.86 bits per heavy atom. The third kappa shape index (κ3) is 5.66. The lowest BCUT2D eigenvalue weighted by Crippen LogP contribution is -2.36. The molecule has 0 aliphatic heterocycles. The van der Waals surface area contributed by atoms with Gasteiger partial charge in [-0.2, -0.15) is 0 Å². The van der Waals surface area contributed by atoms with E-state index in [1.54, 1.807) is 0 Å². The van der Waals surface area contributed by atoms with Gasteiger partial charge in [-0.15, -0.1) is 11.8 Å². The summed E-state index contributed by atoms with van der Waals surface area (Å²) in [6, 6.07) is 9.80. The van der Waals surface area contributed by atoms with E-state index in [1.165, 1.54) is 31.0 Å². The molecule has 0 aliphatic rings. The summed E-state index contributed by atoms with van der Waals surface area (Å²) < 4.78 is 14.0. The Balaban J connectivity index is 1.89. The normalized spacial score (nSPS) is 10.5. The lowest BCUT2D eigenvalue weighted by Gasteiger charge is -2.17. The molecule has 0 heterocycles. The maximum Gasteiger partial charge on any atom is 0.243 e. The summed E-state index contributed by atoms with van der Waals surface area (Å²) >= 11 is 1.03. The molecule has 0 aliphatic carbocycles. The maximum atomic E-state index is 14.0. The van der Waals surface area contributed by atoms with Crippen molar-refractivity contribution in [1.29, 1.82) is 0 Å². The fourth-order valence-electron chi connectivity index (χ4n) is 2.47. The van der Waals surface area contributed by atoms with E-state index < -0.39 is 5.82 Å². The van der Waals surface area contributed by atoms with Gasteiger partial charge in [0.15, 0.2) is 5.78 Å². The molecular weight excluding hydrogens is 379 g/mol. The molecular formula is C21H23FN2O3S. The van der Waals surface area contributed by atoms with E-state index in [0.717, 1.165) is 29.0 Å². The first kappa shape index (κ1) is 21.6. The second-order valence-corrected chi connectivity index (χ2v) is 7.55. The molecule has 0 radical (unpaired) electrons. The summed E-state index contributed by atoms with van der Waals surface area (Å²) in [7, 11) is 1.53. The standard InChI is InChI=1S/C21H23FN2O3S/c1-13-6-5-7-18(14(13)2)23-20(26)11-24(4)21(27)12-28-19-9-8-16(15(3)25)10-17(19)22/h5-10H,11-12H2,1-4H3,(H,23,26). The molecule has 28 heavy (non-hydrogen) atoms. The van der Waals surface area contributed by atoms with Crippen molar-refractivity contribution in [1.82, 2.24) is 4.90 Å². The van der Waals surface area contributed by atoms with Crippen LogP contribution in [0.2, 0.25) is 0 Å². The SMILES string of the molecule is CC(=O)c1ccc(SCC(=O)N(C)CC(=O)Nc2cccc(C)c2C)c(F)c1. The smallest absolute Gasteiger partial charge is 0.243 e. The van der Waals surface area contributed by atoms with Crippen molar-refractivity contribution < 1.29 is 18.8 Å². The summed E-state index contributed by atoms with van der Waals surface area (Å²) in [6.07, 6.45) is 0. The molecule has 148 valence electrons. The highest BCUT2D eigenvalue weighted by Gasteiger charge is 2.16. The number of carbonyl (C=O) groups is 3. The first-order chi connectivity index (χ1) is 13.2. The number of hydrogen-bond donors (Lipinski definition) is 1. The number of rotatable bonds is 7. The van der Waals surface area contributed by atoms with E-state index >= 15 is 0 Å². The Kier molecular flexibility index (Phi) is 7.34. The number of aryl methyl sites for hydroxylation is 1. The number of nitrogens with zero attached hydrogens (tertiary/aromatic N) is 1. The van der Waals surface area contributed by atoms with E-state index in [9.17, 15) is 18.8 Å². The van der Waals surface area contributed by atoms with E-state index in [1.807, 2.05) is 32.0 Å². The Bertz CT molecular complexity index is 915. The van der Waals surface area contributed by atoms with Crippen LogP contribution in [0.4, 0.5) is 10.1 Å². The molecule has 0 atom stereocenters. The number of thioether (sulfide) groups is 1. The monoisotopic (exact) mass is 402 g/mol. The molecule has 0 fully saturated rings. The largest absolute Gasteiger partial charge is 0.336 e. The van der Waals surface area contributed by atoms with Gasteiger partial charge in [-0.3, -0.25) is 14.4 Å². The number of nitrogens with one attached hydrogen (secondary N) is 1. The topological polar surface area (TPSA) is 66.5 Å². The summed E-state index contributed by atoms with van der Waals surface area (Å²) in [6.45, 7) is 5.14. The van der Waals surface area contributed by atoms with Crippen LogP contribution in [0.15, 0.2) is 41.3 Å². The van der Waals surface area contributed by atoms with Crippen LogP contribution >= 0.6 is 11.8 Å². The number of amides is 2. The summed E-state index contributed by atoms with van der Waals surface area (Å²) in [4.78, 5) is 37.3. The second kappa shape index (κ2) is 9.50. The van der Waals surface area contributed by atoms with Gasteiger partial charge < -0.3 is 10.2 Å². The number of hydrogen-bond acceptors (Lipinski definition) is 4. The molecule has 0 aromatic heterocycles. The average Bonchev–Trinajstić information content (AvgIpc) is 2.63. The van der Waals surface area contributed by atoms with Crippen LogP contribution in [-0.4, -0.2) is 41.8 Å². The van der Waals surface area contributed by atoms with E-state index in [0.29, 0.717) is 5.69 Å². The van der Waals surface area contributed by atoms with Gasteiger partial charge in [0.2, 0.25) is 11.8 Å². The van der Waals surface area contributed by atoms with Crippen molar-refractivity contribution in [3.05, 3.63) is 58.9 Å². The Morgan fingerprint density at radius 1 is 1.14 bits per heavy atom. The summed E-state index contributed by atoms with van der Waals surface area (Å²) in [5, 5.41) is 2.80. The zero-order valence-electron chi connectivity index (χ0n) is 16.3. The zero-order chi connectivity index (χ0) is 20.8. The number of benzene rings is 2. The number of carbonyl (C=O) groups excluding carboxylic acids is 3. The van der Waals surface area contributed by atoms with Crippen LogP contribution in [0.1, 0.15) is 28.4 Å². The van der Waals surface area contributed by atoms with Crippen molar-refractivity contribution in [2.45, 2.75) is 25.7 Å². The fourth-order valence-corrected chi connectivity index (χ4v) is 3.33. The number of likely N-dealkylation sites (N-methyl/N-ethyl adjacent to an activating group) is 1. The number of anilines is 1. The van der Waals surface area contributed by atoms with Crippen LogP contribution in [0.3, 0.4) is 0 Å². The molecule has 2 aromatic rings. The molecule has 0 saturated carbocycles. The predicted octanol–water partition coefficient (Wildman–Crippen LogP) is 3.83. The third-order valence-electron chi connectivity index (χ3n) is 4.37. The van der Waals surface area contributed by atoms with Crippen molar-refractivity contribution in [3.8, 4) is 0 Å². The molecule has 0 saturated heterocycles. The molecule has 2 aromatic carbocycles. The van der Waals surface area contributed by atoms with Crippen molar-refractivity contribution in [2.75, 3.05) is 24.7 Å². The van der Waals surface area contributed by atoms with Crippen LogP contribution in [0.5, 0.6) is 0 Å². The van der Waals surface area contributed by atoms with E-state index in [4.69, 9.17) is 0 Å². The lowest BCUT2D eigenvalue weighted by atomic mass is 10.1. The second-order valence-electron chi connectivity index (χ2n) is 6.54.